The molecule has 15 heavy (non-hydrogen) atoms. The van der Waals surface area contributed by atoms with Crippen molar-refractivity contribution in [1.82, 2.24) is 15.2 Å². The molecule has 2 rings (SSSR count). The molecule has 1 aromatic rings. The topological polar surface area (TPSA) is 55.9 Å². The van der Waals surface area contributed by atoms with Crippen LogP contribution >= 0.6 is 0 Å². The van der Waals surface area contributed by atoms with Crippen LogP contribution in [0.4, 0.5) is 0 Å². The lowest BCUT2D eigenvalue weighted by molar-refractivity contribution is 0.437. The van der Waals surface area contributed by atoms with E-state index < -0.39 is 0 Å². The number of nitrogens with one attached hydrogen (secondary N) is 1. The molecular weight excluding hydrogens is 188 g/mol. The molecule has 0 aliphatic heterocycles. The van der Waals surface area contributed by atoms with E-state index >= 15 is 0 Å². The first-order chi connectivity index (χ1) is 7.29. The zero-order valence-electron chi connectivity index (χ0n) is 9.32. The van der Waals surface area contributed by atoms with E-state index in [-0.39, 0.29) is 0 Å². The lowest BCUT2D eigenvalue weighted by Gasteiger charge is -2.15. The second kappa shape index (κ2) is 4.77. The third kappa shape index (κ3) is 3.04. The molecule has 1 fully saturated rings. The molecule has 0 spiro atoms. The van der Waals surface area contributed by atoms with Gasteiger partial charge in [-0.15, -0.1) is 0 Å². The van der Waals surface area contributed by atoms with Crippen molar-refractivity contribution in [1.29, 1.82) is 0 Å². The zero-order chi connectivity index (χ0) is 10.7. The Morgan fingerprint density at radius 2 is 2.47 bits per heavy atom. The second-order valence-electron chi connectivity index (χ2n) is 4.53. The molecule has 1 atom stereocenters. The summed E-state index contributed by atoms with van der Waals surface area (Å²) in [6.45, 7) is 0. The maximum atomic E-state index is 5.55. The fourth-order valence-corrected chi connectivity index (χ4v) is 1.99. The maximum absolute atomic E-state index is 5.55. The van der Waals surface area contributed by atoms with Gasteiger partial charge in [-0.3, -0.25) is 16.0 Å². The van der Waals surface area contributed by atoms with Crippen LogP contribution in [0.25, 0.3) is 0 Å². The molecule has 0 bridgehead atoms. The van der Waals surface area contributed by atoms with E-state index in [0.29, 0.717) is 6.04 Å². The second-order valence-corrected chi connectivity index (χ2v) is 4.53. The molecule has 4 heteroatoms. The van der Waals surface area contributed by atoms with Crippen LogP contribution in [0, 0.1) is 5.92 Å². The van der Waals surface area contributed by atoms with Crippen LogP contribution < -0.4 is 11.3 Å². The van der Waals surface area contributed by atoms with Gasteiger partial charge >= 0.3 is 0 Å². The highest BCUT2D eigenvalue weighted by molar-refractivity contribution is 5.00. The number of hydrazine groups is 1. The number of aromatic nitrogens is 2. The Morgan fingerprint density at radius 3 is 3.00 bits per heavy atom. The Hall–Kier alpha value is -0.870. The Morgan fingerprint density at radius 1 is 1.67 bits per heavy atom. The van der Waals surface area contributed by atoms with Gasteiger partial charge in [-0.1, -0.05) is 12.8 Å². The summed E-state index contributed by atoms with van der Waals surface area (Å²) in [6.07, 6.45) is 8.02. The monoisotopic (exact) mass is 208 g/mol. The summed E-state index contributed by atoms with van der Waals surface area (Å²) < 4.78 is 1.94. The smallest absolute Gasteiger partial charge is 0.0492 e. The molecule has 1 saturated carbocycles. The van der Waals surface area contributed by atoms with Gasteiger partial charge in [0.25, 0.3) is 0 Å². The van der Waals surface area contributed by atoms with Crippen LogP contribution in [0.3, 0.4) is 0 Å². The van der Waals surface area contributed by atoms with Crippen LogP contribution in [0.15, 0.2) is 12.3 Å². The Kier molecular flexibility index (Phi) is 3.38. The van der Waals surface area contributed by atoms with E-state index in [9.17, 15) is 0 Å². The number of hydrogen-bond acceptors (Lipinski definition) is 3. The third-order valence-corrected chi connectivity index (χ3v) is 3.22. The lowest BCUT2D eigenvalue weighted by Crippen LogP contribution is -2.35. The SMILES string of the molecule is Cn1nccc1CCC(CC1CC1)NN. The third-order valence-electron chi connectivity index (χ3n) is 3.22. The molecule has 1 unspecified atom stereocenters. The number of hydrogen-bond donors (Lipinski definition) is 2. The van der Waals surface area contributed by atoms with Gasteiger partial charge in [-0.25, -0.2) is 0 Å². The molecule has 84 valence electrons. The zero-order valence-corrected chi connectivity index (χ0v) is 9.32. The van der Waals surface area contributed by atoms with E-state index in [1.54, 1.807) is 0 Å². The number of nitrogens with two attached hydrogens (primary N) is 1. The molecule has 0 amide bonds. The van der Waals surface area contributed by atoms with Crippen molar-refractivity contribution in [2.75, 3.05) is 0 Å². The summed E-state index contributed by atoms with van der Waals surface area (Å²) in [5.74, 6) is 6.48. The molecular formula is C11H20N4. The molecule has 1 heterocycles. The number of aryl methyl sites for hydroxylation is 2. The van der Waals surface area contributed by atoms with Crippen LogP contribution in [0.5, 0.6) is 0 Å². The summed E-state index contributed by atoms with van der Waals surface area (Å²) in [5, 5.41) is 4.16. The molecule has 0 aromatic carbocycles. The molecule has 1 aliphatic rings. The van der Waals surface area contributed by atoms with Crippen molar-refractivity contribution < 1.29 is 0 Å². The maximum Gasteiger partial charge on any atom is 0.0492 e. The predicted octanol–water partition coefficient (Wildman–Crippen LogP) is 0.985. The Balaban J connectivity index is 1.77. The van der Waals surface area contributed by atoms with Crippen molar-refractivity contribution >= 4 is 0 Å². The van der Waals surface area contributed by atoms with Gasteiger partial charge in [0.1, 0.15) is 0 Å². The molecule has 0 saturated heterocycles. The van der Waals surface area contributed by atoms with Gasteiger partial charge in [0.15, 0.2) is 0 Å². The fraction of sp³-hybridized carbons (Fsp3) is 0.727. The summed E-state index contributed by atoms with van der Waals surface area (Å²) in [6, 6.07) is 2.54. The summed E-state index contributed by atoms with van der Waals surface area (Å²) in [4.78, 5) is 0. The van der Waals surface area contributed by atoms with Gasteiger partial charge < -0.3 is 0 Å². The molecule has 3 N–H and O–H groups in total. The fourth-order valence-electron chi connectivity index (χ4n) is 1.99. The van der Waals surface area contributed by atoms with E-state index in [2.05, 4.69) is 16.6 Å². The van der Waals surface area contributed by atoms with E-state index in [1.807, 2.05) is 17.9 Å². The standard InChI is InChI=1S/C11H20N4/c1-15-11(6-7-13-15)5-4-10(14-12)8-9-2-3-9/h6-7,9-10,14H,2-5,8,12H2,1H3. The first kappa shape index (κ1) is 10.6. The van der Waals surface area contributed by atoms with Crippen molar-refractivity contribution in [3.05, 3.63) is 18.0 Å². The number of nitrogens with zero attached hydrogens (tertiary/aromatic N) is 2. The van der Waals surface area contributed by atoms with E-state index in [0.717, 1.165) is 18.8 Å². The van der Waals surface area contributed by atoms with Crippen LogP contribution in [0.2, 0.25) is 0 Å². The first-order valence-electron chi connectivity index (χ1n) is 5.72. The molecule has 1 aliphatic carbocycles. The van der Waals surface area contributed by atoms with Gasteiger partial charge in [-0.2, -0.15) is 5.10 Å². The highest BCUT2D eigenvalue weighted by atomic mass is 15.3. The minimum Gasteiger partial charge on any atom is -0.273 e. The van der Waals surface area contributed by atoms with Gasteiger partial charge in [0.2, 0.25) is 0 Å². The minimum absolute atomic E-state index is 0.465. The molecule has 4 nitrogen and oxygen atoms in total. The van der Waals surface area contributed by atoms with Crippen molar-refractivity contribution in [2.24, 2.45) is 18.8 Å². The average molecular weight is 208 g/mol. The van der Waals surface area contributed by atoms with Gasteiger partial charge in [0, 0.05) is 25.0 Å². The van der Waals surface area contributed by atoms with Gasteiger partial charge in [-0.05, 0) is 31.2 Å². The summed E-state index contributed by atoms with van der Waals surface area (Å²) >= 11 is 0. The highest BCUT2D eigenvalue weighted by Crippen LogP contribution is 2.34. The highest BCUT2D eigenvalue weighted by Gasteiger charge is 2.24. The Bertz CT molecular complexity index is 303. The normalized spacial score (nSPS) is 18.0. The largest absolute Gasteiger partial charge is 0.273 e. The minimum atomic E-state index is 0.465. The van der Waals surface area contributed by atoms with Crippen LogP contribution in [0.1, 0.15) is 31.4 Å². The van der Waals surface area contributed by atoms with Crippen molar-refractivity contribution in [2.45, 2.75) is 38.1 Å². The average Bonchev–Trinajstić information content (AvgIpc) is 2.96. The van der Waals surface area contributed by atoms with Crippen LogP contribution in [-0.4, -0.2) is 15.8 Å². The van der Waals surface area contributed by atoms with E-state index in [1.165, 1.54) is 25.0 Å². The predicted molar refractivity (Wildman–Crippen MR) is 60.0 cm³/mol. The van der Waals surface area contributed by atoms with Gasteiger partial charge in [0.05, 0.1) is 0 Å². The Labute approximate surface area is 90.8 Å². The molecule has 1 aromatic heterocycles. The first-order valence-corrected chi connectivity index (χ1v) is 5.72. The summed E-state index contributed by atoms with van der Waals surface area (Å²) in [5.41, 5.74) is 4.21. The van der Waals surface area contributed by atoms with Crippen LogP contribution in [-0.2, 0) is 13.5 Å². The summed E-state index contributed by atoms with van der Waals surface area (Å²) in [7, 11) is 1.99. The quantitative estimate of drug-likeness (QED) is 0.541. The lowest BCUT2D eigenvalue weighted by atomic mass is 10.0. The van der Waals surface area contributed by atoms with E-state index in [4.69, 9.17) is 5.84 Å². The van der Waals surface area contributed by atoms with Crippen molar-refractivity contribution in [3.63, 3.8) is 0 Å². The number of rotatable bonds is 6. The van der Waals surface area contributed by atoms with Crippen molar-refractivity contribution in [3.8, 4) is 0 Å². The molecule has 0 radical (unpaired) electrons.